The van der Waals surface area contributed by atoms with Crippen molar-refractivity contribution < 1.29 is 14.7 Å². The number of aromatic nitrogens is 2. The number of rotatable bonds is 2. The monoisotopic (exact) mass is 284 g/mol. The minimum Gasteiger partial charge on any atom is -0.480 e. The fourth-order valence-electron chi connectivity index (χ4n) is 2.05. The molecule has 2 rings (SSSR count). The summed E-state index contributed by atoms with van der Waals surface area (Å²) >= 11 is 1.45. The standard InChI is InChI=1S/C11H16N4O3S/c1-5-9(6(2)14-13-5)12-11(18)15-7(3)19-4-8(15)10(16)17/h7-8H,4H2,1-3H3,(H,12,18)(H,13,14)(H,16,17). The van der Waals surface area contributed by atoms with Crippen molar-refractivity contribution in [3.05, 3.63) is 11.4 Å². The molecule has 8 heteroatoms. The van der Waals surface area contributed by atoms with E-state index < -0.39 is 18.0 Å². The number of aliphatic carboxylic acids is 1. The lowest BCUT2D eigenvalue weighted by Crippen LogP contribution is -2.46. The van der Waals surface area contributed by atoms with Gasteiger partial charge in [-0.1, -0.05) is 0 Å². The van der Waals surface area contributed by atoms with Crippen molar-refractivity contribution in [2.75, 3.05) is 11.1 Å². The molecule has 3 N–H and O–H groups in total. The molecule has 104 valence electrons. The van der Waals surface area contributed by atoms with Gasteiger partial charge in [-0.25, -0.2) is 9.59 Å². The molecule has 2 atom stereocenters. The molecule has 2 heterocycles. The summed E-state index contributed by atoms with van der Waals surface area (Å²) in [6.07, 6.45) is 0. The predicted molar refractivity (Wildman–Crippen MR) is 72.3 cm³/mol. The van der Waals surface area contributed by atoms with E-state index >= 15 is 0 Å². The minimum absolute atomic E-state index is 0.159. The van der Waals surface area contributed by atoms with Gasteiger partial charge < -0.3 is 10.4 Å². The number of hydrogen-bond donors (Lipinski definition) is 3. The van der Waals surface area contributed by atoms with E-state index in [9.17, 15) is 9.59 Å². The predicted octanol–water partition coefficient (Wildman–Crippen LogP) is 1.41. The summed E-state index contributed by atoms with van der Waals surface area (Å²) < 4.78 is 0. The molecule has 1 fully saturated rings. The third-order valence-electron chi connectivity index (χ3n) is 3.10. The van der Waals surface area contributed by atoms with Crippen molar-refractivity contribution >= 4 is 29.4 Å². The number of nitrogens with zero attached hydrogens (tertiary/aromatic N) is 2. The molecule has 0 aliphatic carbocycles. The topological polar surface area (TPSA) is 98.3 Å². The van der Waals surface area contributed by atoms with Crippen LogP contribution < -0.4 is 5.32 Å². The molecular formula is C11H16N4O3S. The van der Waals surface area contributed by atoms with Crippen LogP contribution in [-0.4, -0.2) is 49.4 Å². The molecule has 0 spiro atoms. The van der Waals surface area contributed by atoms with Crippen LogP contribution in [0, 0.1) is 13.8 Å². The van der Waals surface area contributed by atoms with Crippen molar-refractivity contribution in [3.63, 3.8) is 0 Å². The molecule has 2 amide bonds. The Morgan fingerprint density at radius 3 is 2.74 bits per heavy atom. The molecule has 1 aliphatic rings. The van der Waals surface area contributed by atoms with Gasteiger partial charge in [0.2, 0.25) is 0 Å². The Balaban J connectivity index is 2.17. The van der Waals surface area contributed by atoms with Crippen molar-refractivity contribution in [2.45, 2.75) is 32.2 Å². The molecule has 1 saturated heterocycles. The Morgan fingerprint density at radius 2 is 2.21 bits per heavy atom. The van der Waals surface area contributed by atoms with Crippen LogP contribution in [0.1, 0.15) is 18.3 Å². The SMILES string of the molecule is Cc1n[nH]c(C)c1NC(=O)N1C(C)SCC1C(=O)O. The second kappa shape index (κ2) is 5.12. The van der Waals surface area contributed by atoms with Crippen LogP contribution in [0.2, 0.25) is 0 Å². The summed E-state index contributed by atoms with van der Waals surface area (Å²) in [5.74, 6) is -0.569. The molecule has 0 aromatic carbocycles. The molecule has 0 bridgehead atoms. The second-order valence-corrected chi connectivity index (χ2v) is 5.78. The van der Waals surface area contributed by atoms with E-state index in [4.69, 9.17) is 5.11 Å². The maximum Gasteiger partial charge on any atom is 0.327 e. The van der Waals surface area contributed by atoms with E-state index in [1.54, 1.807) is 13.8 Å². The van der Waals surface area contributed by atoms with Gasteiger partial charge in [-0.05, 0) is 20.8 Å². The first kappa shape index (κ1) is 13.7. The van der Waals surface area contributed by atoms with Gasteiger partial charge in [-0.15, -0.1) is 11.8 Å². The van der Waals surface area contributed by atoms with Crippen LogP contribution in [0.25, 0.3) is 0 Å². The van der Waals surface area contributed by atoms with Gasteiger partial charge >= 0.3 is 12.0 Å². The van der Waals surface area contributed by atoms with Gasteiger partial charge in [0, 0.05) is 5.75 Å². The zero-order chi connectivity index (χ0) is 14.2. The number of anilines is 1. The largest absolute Gasteiger partial charge is 0.480 e. The van der Waals surface area contributed by atoms with Crippen LogP contribution in [0.15, 0.2) is 0 Å². The zero-order valence-electron chi connectivity index (χ0n) is 10.9. The Hall–Kier alpha value is -1.70. The molecule has 1 aromatic rings. The fraction of sp³-hybridized carbons (Fsp3) is 0.545. The van der Waals surface area contributed by atoms with Gasteiger partial charge in [-0.2, -0.15) is 5.10 Å². The normalized spacial score (nSPS) is 22.6. The Kier molecular flexibility index (Phi) is 3.70. The number of nitrogens with one attached hydrogen (secondary N) is 2. The lowest BCUT2D eigenvalue weighted by atomic mass is 10.3. The Morgan fingerprint density at radius 1 is 1.53 bits per heavy atom. The van der Waals surface area contributed by atoms with E-state index in [1.807, 2.05) is 6.92 Å². The highest BCUT2D eigenvalue weighted by atomic mass is 32.2. The lowest BCUT2D eigenvalue weighted by molar-refractivity contribution is -0.141. The quantitative estimate of drug-likeness (QED) is 0.762. The fourth-order valence-corrected chi connectivity index (χ4v) is 3.22. The van der Waals surface area contributed by atoms with E-state index in [2.05, 4.69) is 15.5 Å². The molecule has 7 nitrogen and oxygen atoms in total. The summed E-state index contributed by atoms with van der Waals surface area (Å²) in [6.45, 7) is 5.39. The number of carboxylic acids is 1. The van der Waals surface area contributed by atoms with Crippen molar-refractivity contribution in [2.24, 2.45) is 0 Å². The average molecular weight is 284 g/mol. The maximum atomic E-state index is 12.2. The number of aryl methyl sites for hydroxylation is 2. The number of carboxylic acid groups (broad SMARTS) is 1. The van der Waals surface area contributed by atoms with Crippen molar-refractivity contribution in [1.29, 1.82) is 0 Å². The van der Waals surface area contributed by atoms with Gasteiger partial charge in [0.05, 0.1) is 22.4 Å². The number of carbonyl (C=O) groups excluding carboxylic acids is 1. The molecule has 1 aliphatic heterocycles. The van der Waals surface area contributed by atoms with Crippen LogP contribution >= 0.6 is 11.8 Å². The summed E-state index contributed by atoms with van der Waals surface area (Å²) in [4.78, 5) is 24.7. The zero-order valence-corrected chi connectivity index (χ0v) is 11.7. The summed E-state index contributed by atoms with van der Waals surface area (Å²) in [7, 11) is 0. The molecule has 0 radical (unpaired) electrons. The van der Waals surface area contributed by atoms with E-state index in [1.165, 1.54) is 16.7 Å². The van der Waals surface area contributed by atoms with Gasteiger partial charge in [0.1, 0.15) is 6.04 Å². The van der Waals surface area contributed by atoms with E-state index in [-0.39, 0.29) is 5.37 Å². The van der Waals surface area contributed by atoms with Gasteiger partial charge in [0.25, 0.3) is 0 Å². The number of carbonyl (C=O) groups is 2. The second-order valence-electron chi connectivity index (χ2n) is 4.43. The third-order valence-corrected chi connectivity index (χ3v) is 4.32. The van der Waals surface area contributed by atoms with Crippen LogP contribution in [-0.2, 0) is 4.79 Å². The lowest BCUT2D eigenvalue weighted by Gasteiger charge is -2.25. The van der Waals surface area contributed by atoms with Gasteiger partial charge in [0.15, 0.2) is 0 Å². The number of thioether (sulfide) groups is 1. The van der Waals surface area contributed by atoms with E-state index in [0.29, 0.717) is 17.1 Å². The maximum absolute atomic E-state index is 12.2. The number of urea groups is 1. The summed E-state index contributed by atoms with van der Waals surface area (Å²) in [5.41, 5.74) is 2.03. The minimum atomic E-state index is -0.979. The number of H-pyrrole nitrogens is 1. The molecular weight excluding hydrogens is 268 g/mol. The smallest absolute Gasteiger partial charge is 0.327 e. The van der Waals surface area contributed by atoms with Crippen molar-refractivity contribution in [3.8, 4) is 0 Å². The van der Waals surface area contributed by atoms with Crippen LogP contribution in [0.4, 0.5) is 10.5 Å². The Labute approximate surface area is 114 Å². The number of aromatic amines is 1. The highest BCUT2D eigenvalue weighted by Gasteiger charge is 2.39. The number of hydrogen-bond acceptors (Lipinski definition) is 4. The molecule has 19 heavy (non-hydrogen) atoms. The molecule has 2 unspecified atom stereocenters. The van der Waals surface area contributed by atoms with Crippen LogP contribution in [0.3, 0.4) is 0 Å². The van der Waals surface area contributed by atoms with Crippen molar-refractivity contribution in [1.82, 2.24) is 15.1 Å². The third kappa shape index (κ3) is 2.53. The van der Waals surface area contributed by atoms with Crippen LogP contribution in [0.5, 0.6) is 0 Å². The first-order valence-electron chi connectivity index (χ1n) is 5.87. The average Bonchev–Trinajstić information content (AvgIpc) is 2.86. The first-order valence-corrected chi connectivity index (χ1v) is 6.92. The molecule has 0 saturated carbocycles. The first-order chi connectivity index (χ1) is 8.91. The summed E-state index contributed by atoms with van der Waals surface area (Å²) in [6, 6.07) is -1.19. The van der Waals surface area contributed by atoms with E-state index in [0.717, 1.165) is 5.69 Å². The molecule has 1 aromatic heterocycles. The Bertz CT molecular complexity index is 497. The highest BCUT2D eigenvalue weighted by Crippen LogP contribution is 2.30. The van der Waals surface area contributed by atoms with Gasteiger partial charge in [-0.3, -0.25) is 10.00 Å². The highest BCUT2D eigenvalue weighted by molar-refractivity contribution is 8.00. The number of amides is 2. The summed E-state index contributed by atoms with van der Waals surface area (Å²) in [5, 5.41) is 18.5.